The summed E-state index contributed by atoms with van der Waals surface area (Å²) in [4.78, 5) is 2.44. The molecule has 11 aromatic carbocycles. The minimum Gasteiger partial charge on any atom is -0.494 e. The third kappa shape index (κ3) is 10.2. The Morgan fingerprint density at radius 1 is 0.429 bits per heavy atom. The third-order valence-electron chi connectivity index (χ3n) is 17.6. The fraction of sp³-hybridized carbons (Fsp3) is 0.100. The predicted octanol–water partition coefficient (Wildman–Crippen LogP) is 22.1. The van der Waals surface area contributed by atoms with Crippen molar-refractivity contribution in [1.29, 1.82) is 0 Å². The van der Waals surface area contributed by atoms with Gasteiger partial charge in [0, 0.05) is 38.9 Å². The van der Waals surface area contributed by atoms with Crippen molar-refractivity contribution in [3.05, 3.63) is 314 Å². The quantitative estimate of drug-likeness (QED) is 0.0751. The van der Waals surface area contributed by atoms with E-state index in [4.69, 9.17) is 4.74 Å². The van der Waals surface area contributed by atoms with Crippen LogP contribution in [0.4, 0.5) is 17.1 Å². The third-order valence-corrected chi connectivity index (χ3v) is 20.8. The summed E-state index contributed by atoms with van der Waals surface area (Å²) in [6.07, 6.45) is 7.78. The summed E-state index contributed by atoms with van der Waals surface area (Å²) in [6, 6.07) is 98.4. The van der Waals surface area contributed by atoms with Crippen molar-refractivity contribution in [3.8, 4) is 55.9 Å². The SMILES string of the molecule is C=Cc1ccc(OCC[Si](C)(C)CCCC2(c3ccccc3)c3ccccc3-c3ccc(N(c4ccccc4)c4ccc(-c5ccc6c(c5)c5cc(-c7ccc(C=C)cc7)ccc5n6-c5ccc(-c6ccc(C=C)cc6)cc5)cc4)cc32)cc1. The van der Waals surface area contributed by atoms with Crippen molar-refractivity contribution >= 4 is 65.2 Å². The zero-order valence-corrected chi connectivity index (χ0v) is 49.0. The van der Waals surface area contributed by atoms with E-state index in [9.17, 15) is 0 Å². The number of fused-ring (bicyclic) bond motifs is 6. The molecule has 0 amide bonds. The van der Waals surface area contributed by atoms with Crippen molar-refractivity contribution in [2.24, 2.45) is 0 Å². The van der Waals surface area contributed by atoms with Crippen molar-refractivity contribution in [2.45, 2.75) is 43.4 Å². The first-order chi connectivity index (χ1) is 41.2. The monoisotopic (exact) mass is 1100 g/mol. The molecule has 1 atom stereocenters. The van der Waals surface area contributed by atoms with Crippen LogP contribution in [0.5, 0.6) is 5.75 Å². The van der Waals surface area contributed by atoms with Crippen LogP contribution in [0.1, 0.15) is 46.2 Å². The van der Waals surface area contributed by atoms with Gasteiger partial charge in [-0.25, -0.2) is 0 Å². The molecule has 1 aliphatic carbocycles. The van der Waals surface area contributed by atoms with Crippen LogP contribution in [0.25, 0.3) is 90.2 Å². The predicted molar refractivity (Wildman–Crippen MR) is 362 cm³/mol. The Balaban J connectivity index is 0.852. The number of hydrogen-bond donors (Lipinski definition) is 0. The van der Waals surface area contributed by atoms with Gasteiger partial charge in [0.25, 0.3) is 0 Å². The summed E-state index contributed by atoms with van der Waals surface area (Å²) < 4.78 is 8.73. The van der Waals surface area contributed by atoms with Gasteiger partial charge in [0.05, 0.1) is 25.7 Å². The van der Waals surface area contributed by atoms with E-state index in [1.54, 1.807) is 0 Å². The van der Waals surface area contributed by atoms with Crippen LogP contribution in [0.15, 0.2) is 281 Å². The molecule has 3 nitrogen and oxygen atoms in total. The van der Waals surface area contributed by atoms with Crippen LogP contribution in [0, 0.1) is 0 Å². The molecule has 0 bridgehead atoms. The summed E-state index contributed by atoms with van der Waals surface area (Å²) in [5.41, 5.74) is 23.6. The first-order valence-electron chi connectivity index (χ1n) is 29.5. The molecule has 0 N–H and O–H groups in total. The van der Waals surface area contributed by atoms with Gasteiger partial charge in [0.15, 0.2) is 0 Å². The topological polar surface area (TPSA) is 17.4 Å². The molecule has 0 radical (unpaired) electrons. The van der Waals surface area contributed by atoms with Crippen molar-refractivity contribution in [3.63, 3.8) is 0 Å². The fourth-order valence-electron chi connectivity index (χ4n) is 13.0. The summed E-state index contributed by atoms with van der Waals surface area (Å²) in [5, 5.41) is 2.42. The van der Waals surface area contributed by atoms with Gasteiger partial charge in [0.1, 0.15) is 5.75 Å². The van der Waals surface area contributed by atoms with E-state index in [0.717, 1.165) is 87.3 Å². The van der Waals surface area contributed by atoms with Gasteiger partial charge in [-0.1, -0.05) is 239 Å². The molecular weight excluding hydrogens is 1030 g/mol. The Kier molecular flexibility index (Phi) is 14.6. The van der Waals surface area contributed by atoms with E-state index in [2.05, 4.69) is 303 Å². The zero-order valence-electron chi connectivity index (χ0n) is 48.0. The zero-order chi connectivity index (χ0) is 57.2. The average molecular weight is 1100 g/mol. The number of ether oxygens (including phenoxy) is 1. The average Bonchev–Trinajstić information content (AvgIpc) is 2.79. The molecule has 1 unspecified atom stereocenters. The second-order valence-corrected chi connectivity index (χ2v) is 28.5. The molecule has 84 heavy (non-hydrogen) atoms. The van der Waals surface area contributed by atoms with Crippen molar-refractivity contribution in [2.75, 3.05) is 11.5 Å². The highest BCUT2D eigenvalue weighted by molar-refractivity contribution is 6.77. The molecule has 13 rings (SSSR count). The minimum absolute atomic E-state index is 0.330. The fourth-order valence-corrected chi connectivity index (χ4v) is 15.0. The second-order valence-electron chi connectivity index (χ2n) is 23.2. The van der Waals surface area contributed by atoms with Gasteiger partial charge in [-0.3, -0.25) is 0 Å². The number of rotatable bonds is 19. The summed E-state index contributed by atoms with van der Waals surface area (Å²) in [7, 11) is -1.64. The Bertz CT molecular complexity index is 4350. The van der Waals surface area contributed by atoms with E-state index >= 15 is 0 Å². The lowest BCUT2D eigenvalue weighted by molar-refractivity contribution is 0.338. The van der Waals surface area contributed by atoms with Gasteiger partial charge < -0.3 is 14.2 Å². The van der Waals surface area contributed by atoms with E-state index in [-0.39, 0.29) is 5.41 Å². The standard InChI is InChI=1S/C80H68N2OSi/c1-6-57-24-30-60(31-25-57)61-34-42-69(43-35-61)82-78-48-38-64(62-32-26-58(7-2)27-33-62)54-74(78)75-55-65(39-49-79(75)82)63-36-40-68(41-37-63)81(67-20-13-10-14-21-67)70-44-47-73-72-22-15-16-23-76(72)80(77(73)56-70,66-18-11-9-12-19-66)50-17-52-84(4,5)53-51-83-71-45-28-59(8-3)29-46-71/h6-16,18-49,54-56H,1-3,17,50-53H2,4-5H3. The molecule has 1 aromatic heterocycles. The molecule has 4 heteroatoms. The minimum atomic E-state index is -1.64. The Morgan fingerprint density at radius 3 is 1.48 bits per heavy atom. The number of aromatic nitrogens is 1. The van der Waals surface area contributed by atoms with Crippen LogP contribution in [0.2, 0.25) is 25.2 Å². The Morgan fingerprint density at radius 2 is 0.893 bits per heavy atom. The lowest BCUT2D eigenvalue weighted by Crippen LogP contribution is -2.31. The van der Waals surface area contributed by atoms with E-state index in [1.165, 1.54) is 72.5 Å². The molecule has 408 valence electrons. The van der Waals surface area contributed by atoms with E-state index in [0.29, 0.717) is 0 Å². The molecule has 0 saturated carbocycles. The van der Waals surface area contributed by atoms with E-state index < -0.39 is 8.07 Å². The first-order valence-corrected chi connectivity index (χ1v) is 32.9. The maximum atomic E-state index is 6.32. The molecule has 1 aliphatic rings. The maximum Gasteiger partial charge on any atom is 0.119 e. The van der Waals surface area contributed by atoms with Crippen LogP contribution in [0.3, 0.4) is 0 Å². The van der Waals surface area contributed by atoms with Crippen molar-refractivity contribution in [1.82, 2.24) is 4.57 Å². The number of benzene rings is 11. The number of para-hydroxylation sites is 1. The molecular formula is C80H68N2OSi. The molecule has 0 fully saturated rings. The van der Waals surface area contributed by atoms with Crippen molar-refractivity contribution < 1.29 is 4.74 Å². The number of nitrogens with zero attached hydrogens (tertiary/aromatic N) is 2. The van der Waals surface area contributed by atoms with Gasteiger partial charge in [-0.2, -0.15) is 0 Å². The highest BCUT2D eigenvalue weighted by Gasteiger charge is 2.45. The van der Waals surface area contributed by atoms with Crippen LogP contribution in [-0.4, -0.2) is 19.2 Å². The molecule has 0 saturated heterocycles. The molecule has 12 aromatic rings. The highest BCUT2D eigenvalue weighted by atomic mass is 28.3. The maximum absolute atomic E-state index is 6.32. The highest BCUT2D eigenvalue weighted by Crippen LogP contribution is 2.57. The first kappa shape index (κ1) is 53.6. The van der Waals surface area contributed by atoms with Crippen LogP contribution >= 0.6 is 0 Å². The van der Waals surface area contributed by atoms with Gasteiger partial charge in [-0.15, -0.1) is 0 Å². The Labute approximate surface area is 496 Å². The van der Waals surface area contributed by atoms with Gasteiger partial charge >= 0.3 is 0 Å². The summed E-state index contributed by atoms with van der Waals surface area (Å²) >= 11 is 0. The smallest absolute Gasteiger partial charge is 0.119 e. The number of hydrogen-bond acceptors (Lipinski definition) is 2. The normalized spacial score (nSPS) is 13.5. The number of anilines is 3. The Hall–Kier alpha value is -9.74. The van der Waals surface area contributed by atoms with Gasteiger partial charge in [-0.05, 0) is 175 Å². The summed E-state index contributed by atoms with van der Waals surface area (Å²) in [5.74, 6) is 0.925. The summed E-state index contributed by atoms with van der Waals surface area (Å²) in [6.45, 7) is 17.6. The molecule has 1 heterocycles. The molecule has 0 aliphatic heterocycles. The van der Waals surface area contributed by atoms with Crippen LogP contribution in [-0.2, 0) is 5.41 Å². The van der Waals surface area contributed by atoms with E-state index in [1.807, 2.05) is 18.2 Å². The molecule has 0 spiro atoms. The van der Waals surface area contributed by atoms with Crippen LogP contribution < -0.4 is 9.64 Å². The lowest BCUT2D eigenvalue weighted by atomic mass is 9.69. The largest absolute Gasteiger partial charge is 0.494 e. The second kappa shape index (κ2) is 22.9. The van der Waals surface area contributed by atoms with Gasteiger partial charge in [0.2, 0.25) is 0 Å². The lowest BCUT2D eigenvalue weighted by Gasteiger charge is -2.35.